The molecular formula is C48H93NO4. The average molecular weight is 748 g/mol. The fraction of sp³-hybridized carbons (Fsp3) is 0.896. The Kier molecular flexibility index (Phi) is 42.6. The molecule has 0 aromatic heterocycles. The van der Waals surface area contributed by atoms with Gasteiger partial charge in [-0.3, -0.25) is 4.79 Å². The van der Waals surface area contributed by atoms with E-state index in [0.29, 0.717) is 12.8 Å². The zero-order chi connectivity index (χ0) is 38.7. The molecule has 5 nitrogen and oxygen atoms in total. The average Bonchev–Trinajstić information content (AvgIpc) is 3.16. The van der Waals surface area contributed by atoms with Crippen LogP contribution in [0.25, 0.3) is 0 Å². The van der Waals surface area contributed by atoms with Crippen LogP contribution in [0.1, 0.15) is 251 Å². The summed E-state index contributed by atoms with van der Waals surface area (Å²) in [5.41, 5.74) is 0. The predicted octanol–water partition coefficient (Wildman–Crippen LogP) is 13.8. The highest BCUT2D eigenvalue weighted by atomic mass is 16.3. The third-order valence-electron chi connectivity index (χ3n) is 11.1. The molecule has 0 saturated heterocycles. The molecule has 3 atom stereocenters. The maximum Gasteiger partial charge on any atom is 0.220 e. The first-order valence-corrected chi connectivity index (χ1v) is 23.6. The molecule has 1 amide bonds. The van der Waals surface area contributed by atoms with Crippen LogP contribution in [-0.2, 0) is 4.79 Å². The van der Waals surface area contributed by atoms with E-state index in [9.17, 15) is 20.1 Å². The SMILES string of the molecule is CCCCC/C=C\C/C=C\CCCCCCCCCC(=O)NC(CO)C(O)C(O)CCCCCCCCCCCCCCCCCCCCCCCC. The van der Waals surface area contributed by atoms with Gasteiger partial charge in [0.05, 0.1) is 18.8 Å². The molecule has 53 heavy (non-hydrogen) atoms. The molecule has 0 aliphatic heterocycles. The molecule has 314 valence electrons. The maximum atomic E-state index is 12.4. The summed E-state index contributed by atoms with van der Waals surface area (Å²) in [6.07, 6.45) is 52.9. The molecule has 0 saturated carbocycles. The number of allylic oxidation sites excluding steroid dienone is 4. The summed E-state index contributed by atoms with van der Waals surface area (Å²) in [6, 6.07) is -0.812. The van der Waals surface area contributed by atoms with Gasteiger partial charge in [0.2, 0.25) is 5.91 Å². The van der Waals surface area contributed by atoms with Gasteiger partial charge in [-0.05, 0) is 44.9 Å². The molecule has 0 aliphatic rings. The summed E-state index contributed by atoms with van der Waals surface area (Å²) in [4.78, 5) is 12.4. The number of nitrogens with one attached hydrogen (secondary N) is 1. The molecule has 0 radical (unpaired) electrons. The first kappa shape index (κ1) is 51.8. The number of aliphatic hydroxyl groups is 3. The lowest BCUT2D eigenvalue weighted by atomic mass is 9.99. The van der Waals surface area contributed by atoms with Gasteiger partial charge < -0.3 is 20.6 Å². The number of carbonyl (C=O) groups excluding carboxylic acids is 1. The number of amides is 1. The van der Waals surface area contributed by atoms with E-state index in [1.165, 1.54) is 173 Å². The van der Waals surface area contributed by atoms with Gasteiger partial charge in [0.1, 0.15) is 6.10 Å². The highest BCUT2D eigenvalue weighted by Crippen LogP contribution is 2.17. The fourth-order valence-electron chi connectivity index (χ4n) is 7.37. The zero-order valence-electron chi connectivity index (χ0n) is 35.7. The molecule has 0 aliphatic carbocycles. The molecule has 3 unspecified atom stereocenters. The van der Waals surface area contributed by atoms with Gasteiger partial charge >= 0.3 is 0 Å². The fourth-order valence-corrected chi connectivity index (χ4v) is 7.37. The minimum Gasteiger partial charge on any atom is -0.394 e. The van der Waals surface area contributed by atoms with Gasteiger partial charge in [0.15, 0.2) is 0 Å². The van der Waals surface area contributed by atoms with Crippen molar-refractivity contribution in [1.82, 2.24) is 5.32 Å². The monoisotopic (exact) mass is 748 g/mol. The summed E-state index contributed by atoms with van der Waals surface area (Å²) >= 11 is 0. The standard InChI is InChI=1S/C48H93NO4/c1-3-5-7-9-11-13-15-17-19-21-22-23-24-25-27-28-30-32-34-36-38-40-42-46(51)48(53)45(44-50)49-47(52)43-41-39-37-35-33-31-29-26-20-18-16-14-12-10-8-6-4-2/h12,14,18,20,45-46,48,50-51,53H,3-11,13,15-17,19,21-44H2,1-2H3,(H,49,52)/b14-12-,20-18-. The van der Waals surface area contributed by atoms with Crippen LogP contribution in [-0.4, -0.2) is 46.1 Å². The van der Waals surface area contributed by atoms with Gasteiger partial charge in [-0.25, -0.2) is 0 Å². The van der Waals surface area contributed by atoms with Gasteiger partial charge in [0.25, 0.3) is 0 Å². The predicted molar refractivity (Wildman–Crippen MR) is 231 cm³/mol. The Morgan fingerprint density at radius 1 is 0.472 bits per heavy atom. The molecule has 0 fully saturated rings. The Hall–Kier alpha value is -1.17. The van der Waals surface area contributed by atoms with Crippen LogP contribution >= 0.6 is 0 Å². The van der Waals surface area contributed by atoms with Gasteiger partial charge in [-0.1, -0.05) is 224 Å². The van der Waals surface area contributed by atoms with E-state index in [1.54, 1.807) is 0 Å². The number of rotatable bonds is 43. The van der Waals surface area contributed by atoms with Crippen molar-refractivity contribution in [2.24, 2.45) is 0 Å². The summed E-state index contributed by atoms with van der Waals surface area (Å²) < 4.78 is 0. The van der Waals surface area contributed by atoms with Crippen molar-refractivity contribution in [1.29, 1.82) is 0 Å². The van der Waals surface area contributed by atoms with Crippen molar-refractivity contribution >= 4 is 5.91 Å². The second kappa shape index (κ2) is 43.6. The largest absolute Gasteiger partial charge is 0.394 e. The van der Waals surface area contributed by atoms with E-state index < -0.39 is 18.2 Å². The number of unbranched alkanes of at least 4 members (excludes halogenated alkanes) is 31. The lowest BCUT2D eigenvalue weighted by Gasteiger charge is -2.26. The Labute approximate surface area is 331 Å². The van der Waals surface area contributed by atoms with Crippen LogP contribution in [0.5, 0.6) is 0 Å². The summed E-state index contributed by atoms with van der Waals surface area (Å²) in [5, 5.41) is 33.6. The van der Waals surface area contributed by atoms with Crippen LogP contribution < -0.4 is 5.32 Å². The number of hydrogen-bond donors (Lipinski definition) is 4. The minimum absolute atomic E-state index is 0.151. The molecule has 5 heteroatoms. The molecule has 0 rings (SSSR count). The van der Waals surface area contributed by atoms with E-state index >= 15 is 0 Å². The lowest BCUT2D eigenvalue weighted by molar-refractivity contribution is -0.124. The molecule has 0 bridgehead atoms. The topological polar surface area (TPSA) is 89.8 Å². The molecule has 0 spiro atoms. The van der Waals surface area contributed by atoms with Crippen molar-refractivity contribution in [2.45, 2.75) is 270 Å². The Morgan fingerprint density at radius 3 is 1.23 bits per heavy atom. The number of aliphatic hydroxyl groups excluding tert-OH is 3. The van der Waals surface area contributed by atoms with Crippen LogP contribution in [0.15, 0.2) is 24.3 Å². The molecule has 0 aromatic rings. The van der Waals surface area contributed by atoms with Crippen molar-refractivity contribution < 1.29 is 20.1 Å². The molecule has 0 heterocycles. The summed E-state index contributed by atoms with van der Waals surface area (Å²) in [7, 11) is 0. The number of hydrogen-bond acceptors (Lipinski definition) is 4. The third-order valence-corrected chi connectivity index (χ3v) is 11.1. The van der Waals surface area contributed by atoms with E-state index in [-0.39, 0.29) is 12.5 Å². The van der Waals surface area contributed by atoms with Crippen molar-refractivity contribution in [3.63, 3.8) is 0 Å². The lowest BCUT2D eigenvalue weighted by Crippen LogP contribution is -2.50. The molecular weight excluding hydrogens is 655 g/mol. The second-order valence-corrected chi connectivity index (χ2v) is 16.3. The summed E-state index contributed by atoms with van der Waals surface area (Å²) in [5.74, 6) is -0.151. The second-order valence-electron chi connectivity index (χ2n) is 16.3. The zero-order valence-corrected chi connectivity index (χ0v) is 35.7. The van der Waals surface area contributed by atoms with Gasteiger partial charge in [0, 0.05) is 6.42 Å². The van der Waals surface area contributed by atoms with Crippen LogP contribution in [0.4, 0.5) is 0 Å². The molecule has 0 aromatic carbocycles. The van der Waals surface area contributed by atoms with Crippen LogP contribution in [0.2, 0.25) is 0 Å². The van der Waals surface area contributed by atoms with Crippen molar-refractivity contribution in [3.05, 3.63) is 24.3 Å². The quantitative estimate of drug-likeness (QED) is 0.0369. The van der Waals surface area contributed by atoms with Gasteiger partial charge in [-0.2, -0.15) is 0 Å². The third kappa shape index (κ3) is 38.9. The first-order chi connectivity index (χ1) is 26.1. The normalized spacial score (nSPS) is 13.7. The highest BCUT2D eigenvalue weighted by Gasteiger charge is 2.26. The van der Waals surface area contributed by atoms with Crippen molar-refractivity contribution in [2.75, 3.05) is 6.61 Å². The van der Waals surface area contributed by atoms with E-state index in [4.69, 9.17) is 0 Å². The minimum atomic E-state index is -1.14. The van der Waals surface area contributed by atoms with Crippen LogP contribution in [0.3, 0.4) is 0 Å². The Balaban J connectivity index is 3.59. The Morgan fingerprint density at radius 2 is 0.811 bits per heavy atom. The van der Waals surface area contributed by atoms with Crippen LogP contribution in [0, 0.1) is 0 Å². The van der Waals surface area contributed by atoms with Crippen molar-refractivity contribution in [3.8, 4) is 0 Å². The maximum absolute atomic E-state index is 12.4. The number of carbonyl (C=O) groups is 1. The van der Waals surface area contributed by atoms with E-state index in [2.05, 4.69) is 43.5 Å². The summed E-state index contributed by atoms with van der Waals surface area (Å²) in [6.45, 7) is 4.17. The smallest absolute Gasteiger partial charge is 0.220 e. The van der Waals surface area contributed by atoms with E-state index in [0.717, 1.165) is 51.4 Å². The van der Waals surface area contributed by atoms with E-state index in [1.807, 2.05) is 0 Å². The first-order valence-electron chi connectivity index (χ1n) is 23.6. The highest BCUT2D eigenvalue weighted by molar-refractivity contribution is 5.76. The molecule has 4 N–H and O–H groups in total. The Bertz CT molecular complexity index is 784. The van der Waals surface area contributed by atoms with Gasteiger partial charge in [-0.15, -0.1) is 0 Å².